The third-order valence-electron chi connectivity index (χ3n) is 6.41. The first-order chi connectivity index (χ1) is 15.6. The van der Waals surface area contributed by atoms with Gasteiger partial charge in [0, 0.05) is 50.5 Å². The van der Waals surface area contributed by atoms with E-state index in [4.69, 9.17) is 4.74 Å². The largest absolute Gasteiger partial charge is 0.493 e. The predicted molar refractivity (Wildman–Crippen MR) is 148 cm³/mol. The third-order valence-corrected chi connectivity index (χ3v) is 6.41. The first-order valence-corrected chi connectivity index (χ1v) is 11.4. The second-order valence-electron chi connectivity index (χ2n) is 8.53. The Kier molecular flexibility index (Phi) is 10.5. The first-order valence-electron chi connectivity index (χ1n) is 11.4. The molecule has 0 unspecified atom stereocenters. The molecule has 0 amide bonds. The summed E-state index contributed by atoms with van der Waals surface area (Å²) in [6.45, 7) is 7.85. The number of halogens is 4. The smallest absolute Gasteiger partial charge is 0.253 e. The highest BCUT2D eigenvalue weighted by molar-refractivity contribution is 5.98. The van der Waals surface area contributed by atoms with Gasteiger partial charge in [0.1, 0.15) is 11.6 Å². The topological polar surface area (TPSA) is 60.6 Å². The van der Waals surface area contributed by atoms with Gasteiger partial charge in [-0.05, 0) is 61.7 Å². The summed E-state index contributed by atoms with van der Waals surface area (Å²) >= 11 is 0. The summed E-state index contributed by atoms with van der Waals surface area (Å²) in [5, 5.41) is 4.41. The molecule has 35 heavy (non-hydrogen) atoms. The molecule has 2 aliphatic rings. The zero-order chi connectivity index (χ0) is 22.1. The number of hydrogen-bond acceptors (Lipinski definition) is 5. The fourth-order valence-corrected chi connectivity index (χ4v) is 4.84. The average molecular weight is 546 g/mol. The van der Waals surface area contributed by atoms with Gasteiger partial charge in [0.15, 0.2) is 0 Å². The van der Waals surface area contributed by atoms with E-state index in [1.165, 1.54) is 12.1 Å². The molecule has 3 heterocycles. The van der Waals surface area contributed by atoms with Crippen LogP contribution in [0.25, 0.3) is 10.9 Å². The fraction of sp³-hybridized carbons (Fsp3) is 0.400. The lowest BCUT2D eigenvalue weighted by Gasteiger charge is -2.36. The van der Waals surface area contributed by atoms with Gasteiger partial charge in [-0.15, -0.1) is 37.2 Å². The molecule has 0 saturated carbocycles. The average Bonchev–Trinajstić information content (AvgIpc) is 2.80. The molecule has 0 bridgehead atoms. The SMILES string of the molecule is CCOc1cc(CN2CCN(c3ccc(F)cc3)CC2)cc2[nH]c(=O)c3c(c12)NCCC3.Cl.Cl.Cl. The van der Waals surface area contributed by atoms with Gasteiger partial charge in [-0.2, -0.15) is 0 Å². The summed E-state index contributed by atoms with van der Waals surface area (Å²) < 4.78 is 19.2. The predicted octanol–water partition coefficient (Wildman–Crippen LogP) is 5.01. The zero-order valence-electron chi connectivity index (χ0n) is 19.6. The number of ether oxygens (including phenoxy) is 1. The Morgan fingerprint density at radius 1 is 1.03 bits per heavy atom. The van der Waals surface area contributed by atoms with Gasteiger partial charge in [-0.25, -0.2) is 4.39 Å². The number of aromatic amines is 1. The quantitative estimate of drug-likeness (QED) is 0.472. The van der Waals surface area contributed by atoms with Crippen LogP contribution >= 0.6 is 37.2 Å². The van der Waals surface area contributed by atoms with Crippen molar-refractivity contribution in [1.29, 1.82) is 0 Å². The van der Waals surface area contributed by atoms with Crippen LogP contribution in [0.15, 0.2) is 41.2 Å². The summed E-state index contributed by atoms with van der Waals surface area (Å²) in [5.74, 6) is 0.621. The second kappa shape index (κ2) is 12.7. The van der Waals surface area contributed by atoms with Crippen LogP contribution in [0.4, 0.5) is 15.8 Å². The summed E-state index contributed by atoms with van der Waals surface area (Å²) in [6, 6.07) is 10.9. The van der Waals surface area contributed by atoms with Crippen molar-refractivity contribution < 1.29 is 9.13 Å². The molecule has 6 nitrogen and oxygen atoms in total. The third kappa shape index (κ3) is 6.15. The van der Waals surface area contributed by atoms with Crippen LogP contribution in [0.5, 0.6) is 5.75 Å². The summed E-state index contributed by atoms with van der Waals surface area (Å²) in [5.41, 5.74) is 4.77. The molecule has 1 fully saturated rings. The van der Waals surface area contributed by atoms with Crippen molar-refractivity contribution in [3.63, 3.8) is 0 Å². The molecular formula is C25H32Cl3FN4O2. The van der Waals surface area contributed by atoms with Gasteiger partial charge in [0.2, 0.25) is 0 Å². The maximum Gasteiger partial charge on any atom is 0.253 e. The lowest BCUT2D eigenvalue weighted by molar-refractivity contribution is 0.249. The van der Waals surface area contributed by atoms with E-state index in [1.807, 2.05) is 19.1 Å². The van der Waals surface area contributed by atoms with Crippen LogP contribution in [-0.4, -0.2) is 49.2 Å². The molecule has 3 aromatic rings. The molecule has 0 aliphatic carbocycles. The van der Waals surface area contributed by atoms with E-state index < -0.39 is 0 Å². The van der Waals surface area contributed by atoms with Crippen LogP contribution in [0.3, 0.4) is 0 Å². The number of aromatic nitrogens is 1. The van der Waals surface area contributed by atoms with Crippen molar-refractivity contribution in [1.82, 2.24) is 9.88 Å². The Labute approximate surface area is 223 Å². The fourth-order valence-electron chi connectivity index (χ4n) is 4.84. The minimum absolute atomic E-state index is 0. The second-order valence-corrected chi connectivity index (χ2v) is 8.53. The van der Waals surface area contributed by atoms with Crippen molar-refractivity contribution in [2.24, 2.45) is 0 Å². The van der Waals surface area contributed by atoms with Gasteiger partial charge >= 0.3 is 0 Å². The van der Waals surface area contributed by atoms with E-state index in [-0.39, 0.29) is 48.6 Å². The standard InChI is InChI=1S/C25H29FN4O2.3ClH/c1-2-32-22-15-17(14-21-23(22)24-20(25(31)28-21)4-3-9-27-24)16-29-10-12-30(13-11-29)19-7-5-18(26)6-8-19;;;/h5-8,14-15,27H,2-4,9-13,16H2,1H3,(H,28,31);3*1H. The van der Waals surface area contributed by atoms with Gasteiger partial charge in [0.05, 0.1) is 23.2 Å². The maximum absolute atomic E-state index is 13.2. The number of rotatable bonds is 5. The van der Waals surface area contributed by atoms with Crippen molar-refractivity contribution in [2.75, 3.05) is 49.5 Å². The van der Waals surface area contributed by atoms with Crippen molar-refractivity contribution in [2.45, 2.75) is 26.3 Å². The molecule has 0 radical (unpaired) electrons. The summed E-state index contributed by atoms with van der Waals surface area (Å²) in [7, 11) is 0. The first kappa shape index (κ1) is 29.0. The number of nitrogens with one attached hydrogen (secondary N) is 2. The lowest BCUT2D eigenvalue weighted by Crippen LogP contribution is -2.45. The Hall–Kier alpha value is -2.19. The highest BCUT2D eigenvalue weighted by atomic mass is 35.5. The minimum atomic E-state index is -0.205. The van der Waals surface area contributed by atoms with E-state index >= 15 is 0 Å². The van der Waals surface area contributed by atoms with E-state index in [2.05, 4.69) is 32.2 Å². The number of fused-ring (bicyclic) bond motifs is 3. The van der Waals surface area contributed by atoms with Crippen LogP contribution in [0.2, 0.25) is 0 Å². The number of benzene rings is 2. The van der Waals surface area contributed by atoms with Gasteiger partial charge < -0.3 is 19.9 Å². The highest BCUT2D eigenvalue weighted by Crippen LogP contribution is 2.36. The number of nitrogens with zero attached hydrogens (tertiary/aromatic N) is 2. The Morgan fingerprint density at radius 2 is 1.74 bits per heavy atom. The maximum atomic E-state index is 13.2. The van der Waals surface area contributed by atoms with Crippen LogP contribution in [0.1, 0.15) is 24.5 Å². The van der Waals surface area contributed by atoms with E-state index in [0.29, 0.717) is 6.61 Å². The lowest BCUT2D eigenvalue weighted by atomic mass is 9.99. The Morgan fingerprint density at radius 3 is 2.43 bits per heavy atom. The van der Waals surface area contributed by atoms with Gasteiger partial charge in [-0.3, -0.25) is 9.69 Å². The summed E-state index contributed by atoms with van der Waals surface area (Å²) in [4.78, 5) is 20.5. The van der Waals surface area contributed by atoms with E-state index in [0.717, 1.165) is 91.3 Å². The molecule has 1 saturated heterocycles. The number of H-pyrrole nitrogens is 1. The van der Waals surface area contributed by atoms with E-state index in [9.17, 15) is 9.18 Å². The van der Waals surface area contributed by atoms with Gasteiger partial charge in [0.25, 0.3) is 5.56 Å². The zero-order valence-corrected chi connectivity index (χ0v) is 22.1. The highest BCUT2D eigenvalue weighted by Gasteiger charge is 2.22. The van der Waals surface area contributed by atoms with Crippen LogP contribution in [-0.2, 0) is 13.0 Å². The Balaban J connectivity index is 0.00000144. The molecule has 2 N–H and O–H groups in total. The van der Waals surface area contributed by atoms with Crippen LogP contribution in [0, 0.1) is 5.82 Å². The van der Waals surface area contributed by atoms with Crippen molar-refractivity contribution in [3.05, 3.63) is 63.7 Å². The molecule has 0 atom stereocenters. The number of hydrogen-bond donors (Lipinski definition) is 2. The van der Waals surface area contributed by atoms with Crippen LogP contribution < -0.4 is 20.5 Å². The normalized spacial score (nSPS) is 15.2. The molecule has 10 heteroatoms. The molecule has 2 aromatic carbocycles. The van der Waals surface area contributed by atoms with Gasteiger partial charge in [-0.1, -0.05) is 0 Å². The number of piperazine rings is 1. The molecule has 1 aromatic heterocycles. The van der Waals surface area contributed by atoms with E-state index in [1.54, 1.807) is 0 Å². The van der Waals surface area contributed by atoms with Crippen molar-refractivity contribution in [3.8, 4) is 5.75 Å². The minimum Gasteiger partial charge on any atom is -0.493 e. The molecule has 2 aliphatic heterocycles. The molecule has 192 valence electrons. The number of anilines is 2. The molecule has 0 spiro atoms. The summed E-state index contributed by atoms with van der Waals surface area (Å²) in [6.07, 6.45) is 1.76. The molecular weight excluding hydrogens is 514 g/mol. The Bertz CT molecular complexity index is 1180. The number of pyridine rings is 1. The monoisotopic (exact) mass is 544 g/mol. The van der Waals surface area contributed by atoms with Crippen molar-refractivity contribution >= 4 is 59.5 Å². The molecule has 5 rings (SSSR count).